The summed E-state index contributed by atoms with van der Waals surface area (Å²) in [6.45, 7) is 1.55. The summed E-state index contributed by atoms with van der Waals surface area (Å²) in [5.41, 5.74) is 5.66. The second kappa shape index (κ2) is 5.27. The Bertz CT molecular complexity index is 355. The molecule has 0 saturated heterocycles. The highest BCUT2D eigenvalue weighted by Crippen LogP contribution is 2.30. The van der Waals surface area contributed by atoms with E-state index in [1.54, 1.807) is 6.92 Å². The molecule has 0 spiro atoms. The van der Waals surface area contributed by atoms with E-state index in [1.165, 1.54) is 0 Å². The Kier molecular flexibility index (Phi) is 4.89. The average Bonchev–Trinajstić information content (AvgIpc) is 2.05. The molecule has 3 N–H and O–H groups in total. The highest BCUT2D eigenvalue weighted by molar-refractivity contribution is 5.85. The number of hydrogen-bond donors (Lipinski definition) is 2. The lowest BCUT2D eigenvalue weighted by Crippen LogP contribution is -2.17. The fourth-order valence-corrected chi connectivity index (χ4v) is 1.09. The summed E-state index contributed by atoms with van der Waals surface area (Å²) in [6.07, 6.45) is -4.74. The minimum absolute atomic E-state index is 0. The lowest BCUT2D eigenvalue weighted by atomic mass is 10.1. The van der Waals surface area contributed by atoms with Crippen LogP contribution in [0.2, 0.25) is 0 Å². The first kappa shape index (κ1) is 14.9. The molecule has 7 heteroatoms. The quantitative estimate of drug-likeness (QED) is 0.857. The van der Waals surface area contributed by atoms with Gasteiger partial charge in [-0.3, -0.25) is 0 Å². The van der Waals surface area contributed by atoms with E-state index in [-0.39, 0.29) is 23.7 Å². The summed E-state index contributed by atoms with van der Waals surface area (Å²) in [5, 5.41) is 9.29. The van der Waals surface area contributed by atoms with Crippen molar-refractivity contribution in [3.05, 3.63) is 23.8 Å². The first-order valence-corrected chi connectivity index (χ1v) is 4.14. The number of ether oxygens (including phenoxy) is 1. The standard InChI is InChI=1S/C9H10F3NO2.ClH/c1-5(13)7-4-6(2-3-8(7)14)15-9(10,11)12;/h2-5,14H,13H2,1H3;1H/t5-;/m1./s1. The van der Waals surface area contributed by atoms with Gasteiger partial charge < -0.3 is 15.6 Å². The normalized spacial score (nSPS) is 12.8. The zero-order valence-electron chi connectivity index (χ0n) is 8.28. The van der Waals surface area contributed by atoms with Crippen LogP contribution in [0.5, 0.6) is 11.5 Å². The van der Waals surface area contributed by atoms with Gasteiger partial charge in [0.15, 0.2) is 0 Å². The lowest BCUT2D eigenvalue weighted by molar-refractivity contribution is -0.274. The number of aromatic hydroxyl groups is 1. The maximum atomic E-state index is 11.9. The molecule has 1 rings (SSSR count). The zero-order valence-corrected chi connectivity index (χ0v) is 9.10. The molecule has 0 radical (unpaired) electrons. The molecule has 16 heavy (non-hydrogen) atoms. The van der Waals surface area contributed by atoms with Crippen molar-refractivity contribution >= 4 is 12.4 Å². The van der Waals surface area contributed by atoms with E-state index >= 15 is 0 Å². The highest BCUT2D eigenvalue weighted by Gasteiger charge is 2.31. The van der Waals surface area contributed by atoms with Crippen LogP contribution < -0.4 is 10.5 Å². The molecule has 0 aliphatic rings. The summed E-state index contributed by atoms with van der Waals surface area (Å²) in [7, 11) is 0. The monoisotopic (exact) mass is 257 g/mol. The van der Waals surface area contributed by atoms with Crippen molar-refractivity contribution in [1.82, 2.24) is 0 Å². The molecular weight excluding hydrogens is 247 g/mol. The number of rotatable bonds is 2. The number of nitrogens with two attached hydrogens (primary N) is 1. The Morgan fingerprint density at radius 1 is 1.38 bits per heavy atom. The van der Waals surface area contributed by atoms with Gasteiger partial charge in [0.2, 0.25) is 0 Å². The van der Waals surface area contributed by atoms with Crippen LogP contribution in [0.4, 0.5) is 13.2 Å². The predicted molar refractivity (Wildman–Crippen MR) is 54.6 cm³/mol. The summed E-state index contributed by atoms with van der Waals surface area (Å²) in [4.78, 5) is 0. The lowest BCUT2D eigenvalue weighted by Gasteiger charge is -2.12. The third-order valence-electron chi connectivity index (χ3n) is 1.72. The molecule has 0 amide bonds. The number of halogens is 4. The van der Waals surface area contributed by atoms with Crippen LogP contribution in [0.15, 0.2) is 18.2 Å². The van der Waals surface area contributed by atoms with Gasteiger partial charge in [-0.15, -0.1) is 25.6 Å². The maximum Gasteiger partial charge on any atom is 0.573 e. The Hall–Kier alpha value is -1.14. The maximum absolute atomic E-state index is 11.9. The van der Waals surface area contributed by atoms with Gasteiger partial charge in [-0.1, -0.05) is 0 Å². The van der Waals surface area contributed by atoms with E-state index in [2.05, 4.69) is 4.74 Å². The van der Waals surface area contributed by atoms with Crippen LogP contribution in [-0.2, 0) is 0 Å². The summed E-state index contributed by atoms with van der Waals surface area (Å²) in [5.74, 6) is -0.549. The SMILES string of the molecule is C[C@@H](N)c1cc(OC(F)(F)F)ccc1O.Cl. The van der Waals surface area contributed by atoms with Gasteiger partial charge in [0.1, 0.15) is 11.5 Å². The molecule has 0 unspecified atom stereocenters. The van der Waals surface area contributed by atoms with Gasteiger partial charge in [0.05, 0.1) is 0 Å². The average molecular weight is 258 g/mol. The minimum Gasteiger partial charge on any atom is -0.508 e. The van der Waals surface area contributed by atoms with Crippen molar-refractivity contribution in [2.45, 2.75) is 19.3 Å². The summed E-state index contributed by atoms with van der Waals surface area (Å²) < 4.78 is 39.3. The Labute approximate surface area is 96.4 Å². The van der Waals surface area contributed by atoms with Crippen molar-refractivity contribution in [1.29, 1.82) is 0 Å². The molecule has 1 atom stereocenters. The summed E-state index contributed by atoms with van der Waals surface area (Å²) in [6, 6.07) is 2.63. The number of benzene rings is 1. The predicted octanol–water partition coefficient (Wildman–Crippen LogP) is 2.73. The second-order valence-electron chi connectivity index (χ2n) is 3.06. The fraction of sp³-hybridized carbons (Fsp3) is 0.333. The number of alkyl halides is 3. The Balaban J connectivity index is 0.00000225. The molecule has 1 aromatic rings. The number of hydrogen-bond acceptors (Lipinski definition) is 3. The molecule has 1 aromatic carbocycles. The molecule has 0 heterocycles. The van der Waals surface area contributed by atoms with Crippen molar-refractivity contribution in [2.75, 3.05) is 0 Å². The van der Waals surface area contributed by atoms with Crippen molar-refractivity contribution < 1.29 is 23.0 Å². The van der Waals surface area contributed by atoms with Crippen LogP contribution >= 0.6 is 12.4 Å². The molecule has 0 aliphatic heterocycles. The van der Waals surface area contributed by atoms with E-state index in [0.717, 1.165) is 18.2 Å². The van der Waals surface area contributed by atoms with Crippen molar-refractivity contribution in [2.24, 2.45) is 5.73 Å². The first-order chi connectivity index (χ1) is 6.79. The fourth-order valence-electron chi connectivity index (χ4n) is 1.09. The van der Waals surface area contributed by atoms with E-state index < -0.39 is 18.2 Å². The van der Waals surface area contributed by atoms with Crippen LogP contribution in [0.25, 0.3) is 0 Å². The number of phenols is 1. The highest BCUT2D eigenvalue weighted by atomic mass is 35.5. The van der Waals surface area contributed by atoms with Gasteiger partial charge in [0, 0.05) is 11.6 Å². The van der Waals surface area contributed by atoms with Gasteiger partial charge >= 0.3 is 6.36 Å². The molecule has 0 aromatic heterocycles. The van der Waals surface area contributed by atoms with E-state index in [0.29, 0.717) is 0 Å². The molecule has 0 bridgehead atoms. The number of phenolic OH excluding ortho intramolecular Hbond substituents is 1. The molecule has 0 saturated carbocycles. The topological polar surface area (TPSA) is 55.5 Å². The van der Waals surface area contributed by atoms with Crippen molar-refractivity contribution in [3.63, 3.8) is 0 Å². The molecular formula is C9H11ClF3NO2. The van der Waals surface area contributed by atoms with E-state index in [1.807, 2.05) is 0 Å². The molecule has 92 valence electrons. The van der Waals surface area contributed by atoms with Crippen LogP contribution in [0, 0.1) is 0 Å². The zero-order chi connectivity index (χ0) is 11.6. The van der Waals surface area contributed by atoms with Crippen LogP contribution in [-0.4, -0.2) is 11.5 Å². The third-order valence-corrected chi connectivity index (χ3v) is 1.72. The van der Waals surface area contributed by atoms with Gasteiger partial charge in [-0.2, -0.15) is 0 Å². The Morgan fingerprint density at radius 3 is 2.38 bits per heavy atom. The van der Waals surface area contributed by atoms with E-state index in [4.69, 9.17) is 5.73 Å². The van der Waals surface area contributed by atoms with Crippen LogP contribution in [0.1, 0.15) is 18.5 Å². The first-order valence-electron chi connectivity index (χ1n) is 4.14. The Morgan fingerprint density at radius 2 is 1.94 bits per heavy atom. The van der Waals surface area contributed by atoms with Crippen molar-refractivity contribution in [3.8, 4) is 11.5 Å². The second-order valence-corrected chi connectivity index (χ2v) is 3.06. The van der Waals surface area contributed by atoms with Gasteiger partial charge in [-0.05, 0) is 25.1 Å². The van der Waals surface area contributed by atoms with Gasteiger partial charge in [-0.25, -0.2) is 0 Å². The molecule has 0 fully saturated rings. The smallest absolute Gasteiger partial charge is 0.508 e. The largest absolute Gasteiger partial charge is 0.573 e. The third kappa shape index (κ3) is 4.16. The van der Waals surface area contributed by atoms with Gasteiger partial charge in [0.25, 0.3) is 0 Å². The van der Waals surface area contributed by atoms with Crippen LogP contribution in [0.3, 0.4) is 0 Å². The summed E-state index contributed by atoms with van der Waals surface area (Å²) >= 11 is 0. The molecule has 3 nitrogen and oxygen atoms in total. The molecule has 0 aliphatic carbocycles. The minimum atomic E-state index is -4.74. The van der Waals surface area contributed by atoms with E-state index in [9.17, 15) is 18.3 Å².